The van der Waals surface area contributed by atoms with Crippen molar-refractivity contribution in [1.82, 2.24) is 0 Å². The molecule has 0 spiro atoms. The van der Waals surface area contributed by atoms with E-state index in [2.05, 4.69) is 0 Å². The Morgan fingerprint density at radius 2 is 2.27 bits per heavy atom. The maximum Gasteiger partial charge on any atom is 0.143 e. The van der Waals surface area contributed by atoms with Gasteiger partial charge in [0.05, 0.1) is 0 Å². The largest absolute Gasteiger partial charge is 0.385 e. The number of ketones is 1. The molecule has 0 amide bonds. The highest BCUT2D eigenvalue weighted by atomic mass is 16.5. The summed E-state index contributed by atoms with van der Waals surface area (Å²) in [5, 5.41) is 0. The Balaban J connectivity index is 2.57. The molecule has 1 fully saturated rings. The maximum atomic E-state index is 12.1. The molecular weight excluding hydrogens is 190 g/mol. The van der Waals surface area contributed by atoms with Gasteiger partial charge in [-0.1, -0.05) is 20.3 Å². The normalized spacial score (nSPS) is 27.7. The summed E-state index contributed by atoms with van der Waals surface area (Å²) >= 11 is 0. The number of rotatable bonds is 4. The fourth-order valence-corrected chi connectivity index (χ4v) is 2.38. The lowest BCUT2D eigenvalue weighted by Gasteiger charge is -2.36. The minimum atomic E-state index is -0.173. The summed E-state index contributed by atoms with van der Waals surface area (Å²) in [6, 6.07) is -0.0305. The molecule has 1 saturated carbocycles. The van der Waals surface area contributed by atoms with Crippen LogP contribution in [0.1, 0.15) is 39.5 Å². The Hall–Kier alpha value is -0.410. The molecule has 2 unspecified atom stereocenters. The van der Waals surface area contributed by atoms with Crippen molar-refractivity contribution in [3.63, 3.8) is 0 Å². The number of Topliss-reactive ketones (excluding diaryl/α,β-unsaturated/α-hetero) is 1. The van der Waals surface area contributed by atoms with E-state index in [1.807, 2.05) is 13.8 Å². The van der Waals surface area contributed by atoms with Crippen LogP contribution < -0.4 is 5.73 Å². The monoisotopic (exact) mass is 213 g/mol. The van der Waals surface area contributed by atoms with Gasteiger partial charge in [0.2, 0.25) is 0 Å². The van der Waals surface area contributed by atoms with Gasteiger partial charge in [-0.15, -0.1) is 0 Å². The minimum Gasteiger partial charge on any atom is -0.385 e. The maximum absolute atomic E-state index is 12.1. The Bertz CT molecular complexity index is 226. The van der Waals surface area contributed by atoms with E-state index in [0.29, 0.717) is 12.4 Å². The molecule has 0 bridgehead atoms. The Kier molecular flexibility index (Phi) is 4.29. The van der Waals surface area contributed by atoms with Gasteiger partial charge >= 0.3 is 0 Å². The van der Waals surface area contributed by atoms with E-state index in [1.165, 1.54) is 0 Å². The lowest BCUT2D eigenvalue weighted by atomic mass is 9.68. The fraction of sp³-hybridized carbons (Fsp3) is 0.917. The molecule has 2 N–H and O–H groups in total. The van der Waals surface area contributed by atoms with Gasteiger partial charge < -0.3 is 10.5 Å². The molecular formula is C12H23NO2. The highest BCUT2D eigenvalue weighted by Crippen LogP contribution is 2.36. The number of nitrogens with two attached hydrogens (primary N) is 1. The molecule has 0 radical (unpaired) electrons. The van der Waals surface area contributed by atoms with Crippen molar-refractivity contribution in [2.45, 2.75) is 45.6 Å². The quantitative estimate of drug-likeness (QED) is 0.774. The molecule has 0 aliphatic heterocycles. The highest BCUT2D eigenvalue weighted by molar-refractivity contribution is 5.87. The third-order valence-electron chi connectivity index (χ3n) is 3.49. The summed E-state index contributed by atoms with van der Waals surface area (Å²) in [7, 11) is 1.67. The molecule has 0 heterocycles. The van der Waals surface area contributed by atoms with E-state index in [4.69, 9.17) is 10.5 Å². The molecule has 0 aromatic heterocycles. The predicted molar refractivity (Wildman–Crippen MR) is 60.6 cm³/mol. The van der Waals surface area contributed by atoms with Crippen LogP contribution in [0.15, 0.2) is 0 Å². The topological polar surface area (TPSA) is 52.3 Å². The van der Waals surface area contributed by atoms with E-state index in [1.54, 1.807) is 7.11 Å². The summed E-state index contributed by atoms with van der Waals surface area (Å²) in [4.78, 5) is 12.1. The van der Waals surface area contributed by atoms with Crippen LogP contribution in [0.4, 0.5) is 0 Å². The second kappa shape index (κ2) is 5.08. The SMILES string of the molecule is COCCC(N)C1CCCC(C)(C)C1=O. The van der Waals surface area contributed by atoms with Crippen LogP contribution in [0.2, 0.25) is 0 Å². The van der Waals surface area contributed by atoms with Crippen LogP contribution in [0.5, 0.6) is 0 Å². The molecule has 3 nitrogen and oxygen atoms in total. The summed E-state index contributed by atoms with van der Waals surface area (Å²) in [6.45, 7) is 4.71. The molecule has 1 aliphatic carbocycles. The van der Waals surface area contributed by atoms with Crippen LogP contribution in [0, 0.1) is 11.3 Å². The van der Waals surface area contributed by atoms with Gasteiger partial charge in [-0.2, -0.15) is 0 Å². The summed E-state index contributed by atoms with van der Waals surface area (Å²) in [5.41, 5.74) is 5.87. The smallest absolute Gasteiger partial charge is 0.143 e. The predicted octanol–water partition coefficient (Wildman–Crippen LogP) is 1.75. The van der Waals surface area contributed by atoms with Gasteiger partial charge in [-0.25, -0.2) is 0 Å². The molecule has 1 rings (SSSR count). The number of hydrogen-bond acceptors (Lipinski definition) is 3. The lowest BCUT2D eigenvalue weighted by Crippen LogP contribution is -2.45. The van der Waals surface area contributed by atoms with Crippen molar-refractivity contribution in [3.8, 4) is 0 Å². The van der Waals surface area contributed by atoms with Gasteiger partial charge in [0.25, 0.3) is 0 Å². The number of carbonyl (C=O) groups excluding carboxylic acids is 1. The molecule has 1 aliphatic rings. The lowest BCUT2D eigenvalue weighted by molar-refractivity contribution is -0.135. The number of ether oxygens (including phenoxy) is 1. The Morgan fingerprint density at radius 1 is 1.60 bits per heavy atom. The minimum absolute atomic E-state index is 0.0305. The number of methoxy groups -OCH3 is 1. The first-order chi connectivity index (χ1) is 6.99. The van der Waals surface area contributed by atoms with Crippen LogP contribution in [0.3, 0.4) is 0 Å². The van der Waals surface area contributed by atoms with Crippen molar-refractivity contribution in [1.29, 1.82) is 0 Å². The van der Waals surface area contributed by atoms with E-state index in [0.717, 1.165) is 25.7 Å². The molecule has 88 valence electrons. The fourth-order valence-electron chi connectivity index (χ4n) is 2.38. The molecule has 0 aromatic carbocycles. The highest BCUT2D eigenvalue weighted by Gasteiger charge is 2.39. The Labute approximate surface area is 92.4 Å². The number of hydrogen-bond donors (Lipinski definition) is 1. The van der Waals surface area contributed by atoms with Gasteiger partial charge in [-0.05, 0) is 19.3 Å². The van der Waals surface area contributed by atoms with E-state index in [-0.39, 0.29) is 17.4 Å². The van der Waals surface area contributed by atoms with Crippen LogP contribution in [0.25, 0.3) is 0 Å². The second-order valence-corrected chi connectivity index (χ2v) is 5.19. The summed E-state index contributed by atoms with van der Waals surface area (Å²) in [5.74, 6) is 0.390. The summed E-state index contributed by atoms with van der Waals surface area (Å²) < 4.78 is 5.00. The molecule has 0 aromatic rings. The Morgan fingerprint density at radius 3 is 2.87 bits per heavy atom. The van der Waals surface area contributed by atoms with E-state index < -0.39 is 0 Å². The zero-order valence-electron chi connectivity index (χ0n) is 10.1. The summed E-state index contributed by atoms with van der Waals surface area (Å²) in [6.07, 6.45) is 3.85. The molecule has 0 saturated heterocycles. The zero-order valence-corrected chi connectivity index (χ0v) is 10.1. The third kappa shape index (κ3) is 3.02. The molecule has 3 heteroatoms. The first-order valence-corrected chi connectivity index (χ1v) is 5.78. The van der Waals surface area contributed by atoms with Crippen LogP contribution in [-0.2, 0) is 9.53 Å². The van der Waals surface area contributed by atoms with Crippen LogP contribution >= 0.6 is 0 Å². The average Bonchev–Trinajstić information content (AvgIpc) is 2.18. The third-order valence-corrected chi connectivity index (χ3v) is 3.49. The molecule has 15 heavy (non-hydrogen) atoms. The standard InChI is InChI=1S/C12H23NO2/c1-12(2)7-4-5-9(11(12)14)10(13)6-8-15-3/h9-10H,4-8,13H2,1-3H3. The van der Waals surface area contributed by atoms with E-state index >= 15 is 0 Å². The van der Waals surface area contributed by atoms with Crippen molar-refractivity contribution in [2.75, 3.05) is 13.7 Å². The van der Waals surface area contributed by atoms with Gasteiger partial charge in [-0.3, -0.25) is 4.79 Å². The van der Waals surface area contributed by atoms with Gasteiger partial charge in [0, 0.05) is 31.1 Å². The van der Waals surface area contributed by atoms with Crippen molar-refractivity contribution in [2.24, 2.45) is 17.1 Å². The van der Waals surface area contributed by atoms with Gasteiger partial charge in [0.15, 0.2) is 0 Å². The van der Waals surface area contributed by atoms with E-state index in [9.17, 15) is 4.79 Å². The first kappa shape index (κ1) is 12.7. The number of carbonyl (C=O) groups is 1. The van der Waals surface area contributed by atoms with Gasteiger partial charge in [0.1, 0.15) is 5.78 Å². The van der Waals surface area contributed by atoms with Crippen LogP contribution in [-0.4, -0.2) is 25.5 Å². The first-order valence-electron chi connectivity index (χ1n) is 5.78. The van der Waals surface area contributed by atoms with Crippen molar-refractivity contribution >= 4 is 5.78 Å². The van der Waals surface area contributed by atoms with Crippen molar-refractivity contribution < 1.29 is 9.53 Å². The second-order valence-electron chi connectivity index (χ2n) is 5.19. The zero-order chi connectivity index (χ0) is 11.5. The van der Waals surface area contributed by atoms with Crippen molar-refractivity contribution in [3.05, 3.63) is 0 Å². The average molecular weight is 213 g/mol. The molecule has 2 atom stereocenters.